The first-order valence-electron chi connectivity index (χ1n) is 6.42. The molecule has 0 aliphatic heterocycles. The van der Waals surface area contributed by atoms with Crippen LogP contribution in [0.3, 0.4) is 0 Å². The van der Waals surface area contributed by atoms with Crippen molar-refractivity contribution < 1.29 is 9.34 Å². The molecular weight excluding hydrogens is 270 g/mol. The average molecular weight is 283 g/mol. The van der Waals surface area contributed by atoms with Gasteiger partial charge < -0.3 is 9.32 Å². The molecule has 0 spiro atoms. The molecule has 0 saturated carbocycles. The van der Waals surface area contributed by atoms with Crippen LogP contribution in [0.5, 0.6) is 0 Å². The Morgan fingerprint density at radius 1 is 1.29 bits per heavy atom. The predicted molar refractivity (Wildman–Crippen MR) is 79.2 cm³/mol. The smallest absolute Gasteiger partial charge is 0.301 e. The molecule has 106 valence electrons. The molecule has 3 aromatic rings. The minimum Gasteiger partial charge on any atom is -0.467 e. The number of aromatic nitrogens is 1. The standard InChI is InChI=1S/C15H13N3O3/c1-17(10-11-4-3-9-21-11)14-7-6-13-12(5-2-8-16-13)15(14)18(19)20/h2-9H,10H2,1H3. The van der Waals surface area contributed by atoms with Crippen molar-refractivity contribution in [2.75, 3.05) is 11.9 Å². The number of furan rings is 1. The SMILES string of the molecule is CN(Cc1ccco1)c1ccc2ncccc2c1[N+](=O)[O-]. The number of rotatable bonds is 4. The number of hydrogen-bond donors (Lipinski definition) is 0. The molecule has 0 amide bonds. The summed E-state index contributed by atoms with van der Waals surface area (Å²) in [6, 6.07) is 10.6. The molecule has 0 atom stereocenters. The molecule has 0 unspecified atom stereocenters. The van der Waals surface area contributed by atoms with E-state index in [2.05, 4.69) is 4.98 Å². The van der Waals surface area contributed by atoms with Gasteiger partial charge in [-0.25, -0.2) is 0 Å². The largest absolute Gasteiger partial charge is 0.467 e. The van der Waals surface area contributed by atoms with E-state index in [-0.39, 0.29) is 10.6 Å². The van der Waals surface area contributed by atoms with Crippen molar-refractivity contribution in [3.63, 3.8) is 0 Å². The topological polar surface area (TPSA) is 72.4 Å². The maximum Gasteiger partial charge on any atom is 0.301 e. The van der Waals surface area contributed by atoms with E-state index in [1.54, 1.807) is 54.7 Å². The van der Waals surface area contributed by atoms with Crippen LogP contribution in [-0.2, 0) is 6.54 Å². The van der Waals surface area contributed by atoms with Crippen LogP contribution in [0.2, 0.25) is 0 Å². The third-order valence-electron chi connectivity index (χ3n) is 3.30. The third-order valence-corrected chi connectivity index (χ3v) is 3.30. The van der Waals surface area contributed by atoms with Crippen LogP contribution >= 0.6 is 0 Å². The Kier molecular flexibility index (Phi) is 3.27. The summed E-state index contributed by atoms with van der Waals surface area (Å²) in [5.74, 6) is 0.748. The van der Waals surface area contributed by atoms with E-state index in [9.17, 15) is 10.1 Å². The van der Waals surface area contributed by atoms with Gasteiger partial charge in [0, 0.05) is 13.2 Å². The van der Waals surface area contributed by atoms with Crippen LogP contribution in [0.4, 0.5) is 11.4 Å². The molecule has 0 N–H and O–H groups in total. The Labute approximate surface area is 120 Å². The fourth-order valence-electron chi connectivity index (χ4n) is 2.35. The van der Waals surface area contributed by atoms with E-state index in [4.69, 9.17) is 4.42 Å². The number of anilines is 1. The van der Waals surface area contributed by atoms with Gasteiger partial charge in [0.1, 0.15) is 11.4 Å². The minimum atomic E-state index is -0.363. The summed E-state index contributed by atoms with van der Waals surface area (Å²) in [5.41, 5.74) is 1.21. The number of pyridine rings is 1. The van der Waals surface area contributed by atoms with Gasteiger partial charge in [-0.1, -0.05) is 0 Å². The third kappa shape index (κ3) is 2.43. The molecule has 0 saturated heterocycles. The first-order valence-corrected chi connectivity index (χ1v) is 6.42. The fourth-order valence-corrected chi connectivity index (χ4v) is 2.35. The van der Waals surface area contributed by atoms with E-state index >= 15 is 0 Å². The molecule has 2 aromatic heterocycles. The number of fused-ring (bicyclic) bond motifs is 1. The Balaban J connectivity index is 2.09. The van der Waals surface area contributed by atoms with Crippen LogP contribution in [0.25, 0.3) is 10.9 Å². The second-order valence-electron chi connectivity index (χ2n) is 4.70. The molecular formula is C15H13N3O3. The first-order chi connectivity index (χ1) is 10.2. The second kappa shape index (κ2) is 5.24. The lowest BCUT2D eigenvalue weighted by Gasteiger charge is -2.18. The van der Waals surface area contributed by atoms with Crippen LogP contribution in [0, 0.1) is 10.1 Å². The van der Waals surface area contributed by atoms with Crippen molar-refractivity contribution in [1.82, 2.24) is 4.98 Å². The van der Waals surface area contributed by atoms with Crippen LogP contribution in [0.1, 0.15) is 5.76 Å². The van der Waals surface area contributed by atoms with Gasteiger partial charge in [-0.05, 0) is 36.4 Å². The molecule has 0 aliphatic rings. The summed E-state index contributed by atoms with van der Waals surface area (Å²) in [4.78, 5) is 17.1. The van der Waals surface area contributed by atoms with Gasteiger partial charge in [0.2, 0.25) is 0 Å². The van der Waals surface area contributed by atoms with Crippen LogP contribution in [-0.4, -0.2) is 17.0 Å². The van der Waals surface area contributed by atoms with E-state index < -0.39 is 0 Å². The van der Waals surface area contributed by atoms with Gasteiger partial charge in [0.25, 0.3) is 0 Å². The van der Waals surface area contributed by atoms with E-state index in [1.165, 1.54) is 0 Å². The molecule has 0 bridgehead atoms. The predicted octanol–water partition coefficient (Wildman–Crippen LogP) is 3.37. The zero-order chi connectivity index (χ0) is 14.8. The summed E-state index contributed by atoms with van der Waals surface area (Å²) in [5, 5.41) is 12.0. The Morgan fingerprint density at radius 3 is 2.86 bits per heavy atom. The second-order valence-corrected chi connectivity index (χ2v) is 4.70. The Hall–Kier alpha value is -2.89. The lowest BCUT2D eigenvalue weighted by Crippen LogP contribution is -2.17. The van der Waals surface area contributed by atoms with E-state index in [0.717, 1.165) is 5.76 Å². The van der Waals surface area contributed by atoms with Gasteiger partial charge in [-0.3, -0.25) is 15.1 Å². The van der Waals surface area contributed by atoms with Gasteiger partial charge >= 0.3 is 5.69 Å². The maximum atomic E-state index is 11.5. The maximum absolute atomic E-state index is 11.5. The van der Waals surface area contributed by atoms with E-state index in [1.807, 2.05) is 6.07 Å². The minimum absolute atomic E-state index is 0.0645. The van der Waals surface area contributed by atoms with Crippen molar-refractivity contribution in [3.05, 3.63) is 64.7 Å². The van der Waals surface area contributed by atoms with Crippen LogP contribution < -0.4 is 4.90 Å². The van der Waals surface area contributed by atoms with Crippen molar-refractivity contribution in [2.45, 2.75) is 6.54 Å². The molecule has 2 heterocycles. The van der Waals surface area contributed by atoms with Crippen LogP contribution in [0.15, 0.2) is 53.3 Å². The van der Waals surface area contributed by atoms with Gasteiger partial charge in [-0.15, -0.1) is 0 Å². The molecule has 0 radical (unpaired) electrons. The van der Waals surface area contributed by atoms with Gasteiger partial charge in [0.05, 0.1) is 28.6 Å². The quantitative estimate of drug-likeness (QED) is 0.542. The highest BCUT2D eigenvalue weighted by molar-refractivity contribution is 5.94. The van der Waals surface area contributed by atoms with Crippen molar-refractivity contribution >= 4 is 22.3 Å². The Morgan fingerprint density at radius 2 is 2.14 bits per heavy atom. The molecule has 0 aliphatic carbocycles. The highest BCUT2D eigenvalue weighted by Gasteiger charge is 2.21. The highest BCUT2D eigenvalue weighted by Crippen LogP contribution is 2.35. The van der Waals surface area contributed by atoms with Gasteiger partial charge in [-0.2, -0.15) is 0 Å². The molecule has 6 nitrogen and oxygen atoms in total. The lowest BCUT2D eigenvalue weighted by molar-refractivity contribution is -0.382. The molecule has 6 heteroatoms. The first kappa shape index (κ1) is 13.1. The fraction of sp³-hybridized carbons (Fsp3) is 0.133. The number of nitro benzene ring substituents is 1. The highest BCUT2D eigenvalue weighted by atomic mass is 16.6. The molecule has 0 fully saturated rings. The summed E-state index contributed by atoms with van der Waals surface area (Å²) < 4.78 is 5.29. The summed E-state index contributed by atoms with van der Waals surface area (Å²) in [6.45, 7) is 0.458. The number of nitro groups is 1. The van der Waals surface area contributed by atoms with Crippen molar-refractivity contribution in [1.29, 1.82) is 0 Å². The monoisotopic (exact) mass is 283 g/mol. The number of benzene rings is 1. The molecule has 3 rings (SSSR count). The summed E-state index contributed by atoms with van der Waals surface area (Å²) in [6.07, 6.45) is 3.21. The Bertz CT molecular complexity index is 784. The van der Waals surface area contributed by atoms with Crippen molar-refractivity contribution in [3.8, 4) is 0 Å². The van der Waals surface area contributed by atoms with Gasteiger partial charge in [0.15, 0.2) is 0 Å². The molecule has 1 aromatic carbocycles. The lowest BCUT2D eigenvalue weighted by atomic mass is 10.1. The zero-order valence-corrected chi connectivity index (χ0v) is 11.4. The number of nitrogens with zero attached hydrogens (tertiary/aromatic N) is 3. The van der Waals surface area contributed by atoms with E-state index in [0.29, 0.717) is 23.1 Å². The molecule has 21 heavy (non-hydrogen) atoms. The van der Waals surface area contributed by atoms with Crippen molar-refractivity contribution in [2.24, 2.45) is 0 Å². The normalized spacial score (nSPS) is 10.7. The zero-order valence-electron chi connectivity index (χ0n) is 11.4. The summed E-state index contributed by atoms with van der Waals surface area (Å²) >= 11 is 0. The number of hydrogen-bond acceptors (Lipinski definition) is 5. The summed E-state index contributed by atoms with van der Waals surface area (Å²) in [7, 11) is 1.80. The average Bonchev–Trinajstić information content (AvgIpc) is 2.98.